The first-order valence-electron chi connectivity index (χ1n) is 7.88. The lowest BCUT2D eigenvalue weighted by molar-refractivity contribution is 0.467. The summed E-state index contributed by atoms with van der Waals surface area (Å²) in [5, 5.41) is 0. The fourth-order valence-corrected chi connectivity index (χ4v) is 9.69. The van der Waals surface area contributed by atoms with Gasteiger partial charge in [0.25, 0.3) is 10.1 Å². The molecule has 0 rings (SSSR count). The zero-order chi connectivity index (χ0) is 14.8. The highest BCUT2D eigenvalue weighted by Crippen LogP contribution is 2.31. The van der Waals surface area contributed by atoms with Crippen molar-refractivity contribution in [3.05, 3.63) is 0 Å². The summed E-state index contributed by atoms with van der Waals surface area (Å²) in [6.45, 7) is 8.15. The maximum atomic E-state index is 11.9. The van der Waals surface area contributed by atoms with E-state index in [2.05, 4.69) is 20.8 Å². The SMILES string of the molecule is CCCC[Si](CCCC)(CCCC)OS(=O)(=O)CC. The molecule has 0 bridgehead atoms. The minimum atomic E-state index is -3.31. The first kappa shape index (κ1) is 19.1. The Hall–Kier alpha value is 0.127. The first-order valence-corrected chi connectivity index (χ1v) is 12.0. The van der Waals surface area contributed by atoms with E-state index in [1.165, 1.54) is 0 Å². The molecule has 0 heterocycles. The van der Waals surface area contributed by atoms with Crippen molar-refractivity contribution in [2.45, 2.75) is 84.4 Å². The second-order valence-corrected chi connectivity index (χ2v) is 11.6. The third-order valence-corrected chi connectivity index (χ3v) is 10.5. The molecule has 0 spiro atoms. The standard InChI is InChI=1S/C14H32O3SSi/c1-5-9-12-19(13-10-6-2,14-11-7-3)17-18(15,16)8-4/h5-14H2,1-4H3. The number of rotatable bonds is 12. The number of unbranched alkanes of at least 4 members (excludes halogenated alkanes) is 3. The molecule has 0 aliphatic heterocycles. The number of hydrogen-bond acceptors (Lipinski definition) is 3. The average Bonchev–Trinajstić information content (AvgIpc) is 2.40. The van der Waals surface area contributed by atoms with Gasteiger partial charge in [-0.1, -0.05) is 59.3 Å². The molecule has 0 radical (unpaired) electrons. The molecule has 0 fully saturated rings. The average molecular weight is 309 g/mol. The molecular weight excluding hydrogens is 276 g/mol. The van der Waals surface area contributed by atoms with Gasteiger partial charge in [-0.15, -0.1) is 0 Å². The van der Waals surface area contributed by atoms with Crippen molar-refractivity contribution in [2.75, 3.05) is 5.75 Å². The van der Waals surface area contributed by atoms with Crippen LogP contribution in [0.15, 0.2) is 0 Å². The van der Waals surface area contributed by atoms with Crippen LogP contribution in [0.1, 0.15) is 66.2 Å². The van der Waals surface area contributed by atoms with Crippen LogP contribution in [0.4, 0.5) is 0 Å². The summed E-state index contributed by atoms with van der Waals surface area (Å²) in [5.74, 6) is 0.103. The van der Waals surface area contributed by atoms with Crippen molar-refractivity contribution < 1.29 is 12.3 Å². The fourth-order valence-electron chi connectivity index (χ4n) is 2.33. The number of hydrogen-bond donors (Lipinski definition) is 0. The molecule has 0 aliphatic rings. The molecule has 0 atom stereocenters. The molecule has 0 aliphatic carbocycles. The Morgan fingerprint density at radius 3 is 1.42 bits per heavy atom. The summed E-state index contributed by atoms with van der Waals surface area (Å²) in [6.07, 6.45) is 6.63. The smallest absolute Gasteiger partial charge is 0.257 e. The second-order valence-electron chi connectivity index (χ2n) is 5.42. The van der Waals surface area contributed by atoms with Crippen molar-refractivity contribution in [3.8, 4) is 0 Å². The Kier molecular flexibility index (Phi) is 10.0. The molecule has 0 aromatic carbocycles. The molecule has 0 unspecified atom stereocenters. The maximum Gasteiger partial charge on any atom is 0.257 e. The van der Waals surface area contributed by atoms with E-state index in [9.17, 15) is 8.42 Å². The van der Waals surface area contributed by atoms with Crippen molar-refractivity contribution in [1.29, 1.82) is 0 Å². The molecule has 0 N–H and O–H groups in total. The van der Waals surface area contributed by atoms with Crippen molar-refractivity contribution in [1.82, 2.24) is 0 Å². The molecule has 19 heavy (non-hydrogen) atoms. The van der Waals surface area contributed by atoms with E-state index in [1.807, 2.05) is 0 Å². The predicted octanol–water partition coefficient (Wildman–Crippen LogP) is 4.70. The summed E-state index contributed by atoms with van der Waals surface area (Å²) in [7, 11) is -5.41. The monoisotopic (exact) mass is 308 g/mol. The molecular formula is C14H32O3SSi. The minimum absolute atomic E-state index is 0.103. The Morgan fingerprint density at radius 2 is 1.16 bits per heavy atom. The third-order valence-electron chi connectivity index (χ3n) is 3.62. The maximum absolute atomic E-state index is 11.9. The predicted molar refractivity (Wildman–Crippen MR) is 85.4 cm³/mol. The zero-order valence-electron chi connectivity index (χ0n) is 13.2. The summed E-state index contributed by atoms with van der Waals surface area (Å²) in [6, 6.07) is 3.01. The normalized spacial score (nSPS) is 12.8. The minimum Gasteiger partial charge on any atom is -0.315 e. The van der Waals surface area contributed by atoms with Gasteiger partial charge in [0.15, 0.2) is 0 Å². The van der Waals surface area contributed by atoms with Gasteiger partial charge < -0.3 is 3.87 Å². The first-order chi connectivity index (χ1) is 8.95. The van der Waals surface area contributed by atoms with Crippen LogP contribution in [-0.2, 0) is 14.0 Å². The highest BCUT2D eigenvalue weighted by Gasteiger charge is 2.37. The van der Waals surface area contributed by atoms with E-state index in [4.69, 9.17) is 3.87 Å². The van der Waals surface area contributed by atoms with Gasteiger partial charge in [-0.05, 0) is 25.1 Å². The lowest BCUT2D eigenvalue weighted by Crippen LogP contribution is -2.40. The Balaban J connectivity index is 4.96. The molecule has 0 amide bonds. The van der Waals surface area contributed by atoms with Crippen molar-refractivity contribution in [2.24, 2.45) is 0 Å². The molecule has 116 valence electrons. The van der Waals surface area contributed by atoms with Crippen LogP contribution in [0, 0.1) is 0 Å². The highest BCUT2D eigenvalue weighted by atomic mass is 32.2. The van der Waals surface area contributed by atoms with Crippen molar-refractivity contribution in [3.63, 3.8) is 0 Å². The zero-order valence-corrected chi connectivity index (χ0v) is 15.0. The van der Waals surface area contributed by atoms with Gasteiger partial charge >= 0.3 is 0 Å². The largest absolute Gasteiger partial charge is 0.315 e. The molecule has 0 saturated carbocycles. The van der Waals surface area contributed by atoms with Crippen molar-refractivity contribution >= 4 is 18.4 Å². The Morgan fingerprint density at radius 1 is 0.789 bits per heavy atom. The van der Waals surface area contributed by atoms with Crippen LogP contribution < -0.4 is 0 Å². The van der Waals surface area contributed by atoms with E-state index < -0.39 is 18.4 Å². The molecule has 0 saturated heterocycles. The van der Waals surface area contributed by atoms with E-state index in [1.54, 1.807) is 6.92 Å². The summed E-state index contributed by atoms with van der Waals surface area (Å²) >= 11 is 0. The van der Waals surface area contributed by atoms with E-state index in [0.717, 1.165) is 56.7 Å². The van der Waals surface area contributed by atoms with Gasteiger partial charge in [-0.25, -0.2) is 8.42 Å². The third kappa shape index (κ3) is 8.10. The molecule has 0 aromatic rings. The van der Waals surface area contributed by atoms with Gasteiger partial charge in [0.1, 0.15) is 0 Å². The molecule has 0 aromatic heterocycles. The van der Waals surface area contributed by atoms with Gasteiger partial charge in [0.05, 0.1) is 5.75 Å². The Labute approximate surface area is 121 Å². The lowest BCUT2D eigenvalue weighted by atomic mass is 10.4. The second kappa shape index (κ2) is 9.94. The fraction of sp³-hybridized carbons (Fsp3) is 1.00. The quantitative estimate of drug-likeness (QED) is 0.491. The van der Waals surface area contributed by atoms with Crippen LogP contribution >= 0.6 is 0 Å². The van der Waals surface area contributed by atoms with Crippen LogP contribution in [0.2, 0.25) is 18.1 Å². The van der Waals surface area contributed by atoms with Gasteiger partial charge in [-0.3, -0.25) is 0 Å². The van der Waals surface area contributed by atoms with Crippen LogP contribution in [0.3, 0.4) is 0 Å². The van der Waals surface area contributed by atoms with Gasteiger partial charge in [0, 0.05) is 0 Å². The Bertz CT molecular complexity index is 293. The van der Waals surface area contributed by atoms with Crippen LogP contribution in [0.5, 0.6) is 0 Å². The van der Waals surface area contributed by atoms with E-state index in [-0.39, 0.29) is 5.75 Å². The molecule has 5 heteroatoms. The highest BCUT2D eigenvalue weighted by molar-refractivity contribution is 7.87. The summed E-state index contributed by atoms with van der Waals surface area (Å²) in [4.78, 5) is 0. The summed E-state index contributed by atoms with van der Waals surface area (Å²) in [5.41, 5.74) is 0. The van der Waals surface area contributed by atoms with Gasteiger partial charge in [0.2, 0.25) is 8.32 Å². The molecule has 3 nitrogen and oxygen atoms in total. The van der Waals surface area contributed by atoms with Gasteiger partial charge in [-0.2, -0.15) is 0 Å². The van der Waals surface area contributed by atoms with E-state index >= 15 is 0 Å². The van der Waals surface area contributed by atoms with E-state index in [0.29, 0.717) is 0 Å². The van der Waals surface area contributed by atoms with Crippen LogP contribution in [-0.4, -0.2) is 22.5 Å². The lowest BCUT2D eigenvalue weighted by Gasteiger charge is -2.30. The summed E-state index contributed by atoms with van der Waals surface area (Å²) < 4.78 is 29.6. The topological polar surface area (TPSA) is 43.4 Å². The van der Waals surface area contributed by atoms with Crippen LogP contribution in [0.25, 0.3) is 0 Å².